The number of carbonyl (C=O) groups is 1. The number of hydrogen-bond donors (Lipinski definition) is 3. The van der Waals surface area contributed by atoms with Crippen LogP contribution in [0.1, 0.15) is 20.8 Å². The summed E-state index contributed by atoms with van der Waals surface area (Å²) >= 11 is 0. The van der Waals surface area contributed by atoms with Crippen LogP contribution in [0.3, 0.4) is 0 Å². The Morgan fingerprint density at radius 1 is 1.27 bits per heavy atom. The van der Waals surface area contributed by atoms with Gasteiger partial charge in [0.15, 0.2) is 0 Å². The molecular weight excluding hydrogens is 196 g/mol. The van der Waals surface area contributed by atoms with Crippen molar-refractivity contribution in [2.45, 2.75) is 26.3 Å². The van der Waals surface area contributed by atoms with Crippen LogP contribution in [0.4, 0.5) is 0 Å². The van der Waals surface area contributed by atoms with Crippen molar-refractivity contribution < 1.29 is 15.0 Å². The number of likely N-dealkylation sites (N-methyl/N-ethyl adjacent to an activating group) is 1. The molecule has 5 nitrogen and oxygen atoms in total. The molecule has 0 aromatic carbocycles. The fourth-order valence-corrected chi connectivity index (χ4v) is 1.47. The van der Waals surface area contributed by atoms with Crippen LogP contribution in [-0.4, -0.2) is 59.4 Å². The maximum atomic E-state index is 12.0. The summed E-state index contributed by atoms with van der Waals surface area (Å²) in [7, 11) is 0. The molecule has 3 N–H and O–H groups in total. The van der Waals surface area contributed by atoms with E-state index in [-0.39, 0.29) is 32.2 Å². The van der Waals surface area contributed by atoms with Crippen molar-refractivity contribution in [3.8, 4) is 0 Å². The van der Waals surface area contributed by atoms with Crippen molar-refractivity contribution in [3.63, 3.8) is 0 Å². The third-order valence-corrected chi connectivity index (χ3v) is 2.18. The van der Waals surface area contributed by atoms with Gasteiger partial charge >= 0.3 is 0 Å². The fourth-order valence-electron chi connectivity index (χ4n) is 1.47. The Balaban J connectivity index is 4.46. The normalized spacial score (nSPS) is 11.5. The highest BCUT2D eigenvalue weighted by atomic mass is 16.3. The van der Waals surface area contributed by atoms with Gasteiger partial charge in [0.05, 0.1) is 18.8 Å². The van der Waals surface area contributed by atoms with Crippen molar-refractivity contribution >= 4 is 5.91 Å². The number of amides is 1. The first kappa shape index (κ1) is 14.3. The molecule has 0 atom stereocenters. The molecule has 0 unspecified atom stereocenters. The second-order valence-electron chi connectivity index (χ2n) is 3.89. The second kappa shape index (κ2) is 6.76. The molecular formula is C10H22N2O3. The molecule has 90 valence electrons. The van der Waals surface area contributed by atoms with Gasteiger partial charge in [-0.3, -0.25) is 4.79 Å². The first-order valence-electron chi connectivity index (χ1n) is 5.25. The minimum Gasteiger partial charge on any atom is -0.395 e. The Hall–Kier alpha value is -0.650. The van der Waals surface area contributed by atoms with Gasteiger partial charge < -0.3 is 20.4 Å². The molecule has 0 aliphatic heterocycles. The van der Waals surface area contributed by atoms with Gasteiger partial charge in [0.1, 0.15) is 0 Å². The zero-order valence-corrected chi connectivity index (χ0v) is 9.79. The molecule has 0 saturated carbocycles. The number of hydrogen-bond acceptors (Lipinski definition) is 4. The molecule has 15 heavy (non-hydrogen) atoms. The molecule has 0 aromatic heterocycles. The van der Waals surface area contributed by atoms with Crippen LogP contribution < -0.4 is 5.32 Å². The largest absolute Gasteiger partial charge is 0.395 e. The lowest BCUT2D eigenvalue weighted by atomic mass is 10.0. The van der Waals surface area contributed by atoms with Crippen molar-refractivity contribution in [2.75, 3.05) is 32.8 Å². The minimum atomic E-state index is -0.654. The van der Waals surface area contributed by atoms with E-state index in [1.807, 2.05) is 6.92 Å². The van der Waals surface area contributed by atoms with E-state index in [1.54, 1.807) is 13.8 Å². The minimum absolute atomic E-state index is 0.0893. The third-order valence-electron chi connectivity index (χ3n) is 2.18. The zero-order valence-electron chi connectivity index (χ0n) is 9.79. The van der Waals surface area contributed by atoms with Crippen molar-refractivity contribution in [3.05, 3.63) is 0 Å². The quantitative estimate of drug-likeness (QED) is 0.522. The monoisotopic (exact) mass is 218 g/mol. The van der Waals surface area contributed by atoms with Gasteiger partial charge in [-0.15, -0.1) is 0 Å². The maximum absolute atomic E-state index is 12.0. The maximum Gasteiger partial charge on any atom is 0.242 e. The van der Waals surface area contributed by atoms with E-state index in [0.29, 0.717) is 6.54 Å². The van der Waals surface area contributed by atoms with Crippen molar-refractivity contribution in [2.24, 2.45) is 0 Å². The Kier molecular flexibility index (Phi) is 6.47. The Morgan fingerprint density at radius 3 is 2.07 bits per heavy atom. The Labute approximate surface area is 91.1 Å². The summed E-state index contributed by atoms with van der Waals surface area (Å²) in [6, 6.07) is 0. The summed E-state index contributed by atoms with van der Waals surface area (Å²) < 4.78 is 0. The summed E-state index contributed by atoms with van der Waals surface area (Å²) in [5, 5.41) is 20.7. The van der Waals surface area contributed by atoms with Crippen LogP contribution in [0, 0.1) is 0 Å². The molecule has 0 heterocycles. The highest BCUT2D eigenvalue weighted by molar-refractivity contribution is 5.85. The van der Waals surface area contributed by atoms with E-state index in [2.05, 4.69) is 5.32 Å². The van der Waals surface area contributed by atoms with E-state index in [1.165, 1.54) is 4.90 Å². The van der Waals surface area contributed by atoms with Crippen LogP contribution in [0.5, 0.6) is 0 Å². The summed E-state index contributed by atoms with van der Waals surface area (Å²) in [6.45, 7) is 6.55. The topological polar surface area (TPSA) is 72.8 Å². The molecule has 5 heteroatoms. The van der Waals surface area contributed by atoms with Crippen LogP contribution >= 0.6 is 0 Å². The van der Waals surface area contributed by atoms with Gasteiger partial charge in [-0.2, -0.15) is 0 Å². The van der Waals surface area contributed by atoms with Crippen LogP contribution in [0.2, 0.25) is 0 Å². The molecule has 1 amide bonds. The highest BCUT2D eigenvalue weighted by Gasteiger charge is 2.30. The Morgan fingerprint density at radius 2 is 1.73 bits per heavy atom. The SMILES string of the molecule is CCNC(C)(C)C(=O)N(CCO)CCO. The lowest BCUT2D eigenvalue weighted by Crippen LogP contribution is -2.55. The Bertz CT molecular complexity index is 189. The lowest BCUT2D eigenvalue weighted by Gasteiger charge is -2.31. The summed E-state index contributed by atoms with van der Waals surface area (Å²) in [5.41, 5.74) is -0.654. The second-order valence-corrected chi connectivity index (χ2v) is 3.89. The number of carbonyl (C=O) groups excluding carboxylic acids is 1. The number of aliphatic hydroxyl groups excluding tert-OH is 2. The number of nitrogens with one attached hydrogen (secondary N) is 1. The van der Waals surface area contributed by atoms with Crippen LogP contribution in [0.15, 0.2) is 0 Å². The third kappa shape index (κ3) is 4.59. The van der Waals surface area contributed by atoms with Crippen molar-refractivity contribution in [1.82, 2.24) is 10.2 Å². The lowest BCUT2D eigenvalue weighted by molar-refractivity contribution is -0.138. The average Bonchev–Trinajstić information content (AvgIpc) is 2.16. The van der Waals surface area contributed by atoms with Gasteiger partial charge in [-0.25, -0.2) is 0 Å². The number of nitrogens with zero attached hydrogens (tertiary/aromatic N) is 1. The molecule has 0 aromatic rings. The summed E-state index contributed by atoms with van der Waals surface area (Å²) in [6.07, 6.45) is 0. The number of rotatable bonds is 7. The van der Waals surface area contributed by atoms with Gasteiger partial charge in [-0.1, -0.05) is 6.92 Å². The predicted molar refractivity (Wildman–Crippen MR) is 58.5 cm³/mol. The van der Waals surface area contributed by atoms with Gasteiger partial charge in [0.2, 0.25) is 5.91 Å². The van der Waals surface area contributed by atoms with Gasteiger partial charge in [-0.05, 0) is 20.4 Å². The molecule has 0 rings (SSSR count). The summed E-state index contributed by atoms with van der Waals surface area (Å²) in [5.74, 6) is -0.104. The summed E-state index contributed by atoms with van der Waals surface area (Å²) in [4.78, 5) is 13.4. The van der Waals surface area contributed by atoms with E-state index in [0.717, 1.165) is 0 Å². The molecule has 0 radical (unpaired) electrons. The van der Waals surface area contributed by atoms with Gasteiger partial charge in [0.25, 0.3) is 0 Å². The fraction of sp³-hybridized carbons (Fsp3) is 0.900. The van der Waals surface area contributed by atoms with E-state index >= 15 is 0 Å². The van der Waals surface area contributed by atoms with Crippen LogP contribution in [0.25, 0.3) is 0 Å². The molecule has 0 spiro atoms. The van der Waals surface area contributed by atoms with Crippen LogP contribution in [-0.2, 0) is 4.79 Å². The number of aliphatic hydroxyl groups is 2. The molecule has 0 saturated heterocycles. The average molecular weight is 218 g/mol. The molecule has 0 fully saturated rings. The van der Waals surface area contributed by atoms with Crippen molar-refractivity contribution in [1.29, 1.82) is 0 Å². The smallest absolute Gasteiger partial charge is 0.242 e. The highest BCUT2D eigenvalue weighted by Crippen LogP contribution is 2.07. The van der Waals surface area contributed by atoms with E-state index < -0.39 is 5.54 Å². The van der Waals surface area contributed by atoms with E-state index in [9.17, 15) is 4.79 Å². The molecule has 0 aliphatic rings. The zero-order chi connectivity index (χ0) is 11.9. The van der Waals surface area contributed by atoms with E-state index in [4.69, 9.17) is 10.2 Å². The molecule has 0 aliphatic carbocycles. The first-order valence-corrected chi connectivity index (χ1v) is 5.25. The van der Waals surface area contributed by atoms with Gasteiger partial charge in [0, 0.05) is 13.1 Å². The molecule has 0 bridgehead atoms. The predicted octanol–water partition coefficient (Wildman–Crippen LogP) is -0.812. The standard InChI is InChI=1S/C10H22N2O3/c1-4-11-10(2,3)9(15)12(5-7-13)6-8-14/h11,13-14H,4-8H2,1-3H3. The first-order chi connectivity index (χ1) is 6.99.